The molecule has 1 aliphatic rings. The lowest BCUT2D eigenvalue weighted by Gasteiger charge is -2.32. The number of benzene rings is 1. The molecule has 0 N–H and O–H groups in total. The minimum absolute atomic E-state index is 0.167. The van der Waals surface area contributed by atoms with Gasteiger partial charge in [-0.05, 0) is 43.4 Å². The van der Waals surface area contributed by atoms with Crippen LogP contribution in [0.2, 0.25) is 0 Å². The van der Waals surface area contributed by atoms with Gasteiger partial charge in [0.05, 0.1) is 22.8 Å². The van der Waals surface area contributed by atoms with Crippen molar-refractivity contribution in [2.75, 3.05) is 13.2 Å². The van der Waals surface area contributed by atoms with Crippen LogP contribution in [0.3, 0.4) is 0 Å². The third-order valence-electron chi connectivity index (χ3n) is 6.59. The fraction of sp³-hybridized carbons (Fsp3) is 0.320. The number of aryl methyl sites for hydroxylation is 2. The van der Waals surface area contributed by atoms with Crippen molar-refractivity contribution in [3.8, 4) is 11.5 Å². The summed E-state index contributed by atoms with van der Waals surface area (Å²) in [5, 5.41) is 8.36. The molecule has 5 aromatic rings. The Balaban J connectivity index is 1.63. The second kappa shape index (κ2) is 7.60. The maximum atomic E-state index is 6.43. The first-order valence-corrected chi connectivity index (χ1v) is 11.1. The zero-order valence-electron chi connectivity index (χ0n) is 18.2. The largest absolute Gasteiger partial charge is 0.450 e. The van der Waals surface area contributed by atoms with E-state index in [9.17, 15) is 0 Å². The van der Waals surface area contributed by atoms with Crippen molar-refractivity contribution in [1.29, 1.82) is 0 Å². The van der Waals surface area contributed by atoms with Crippen LogP contribution in [-0.2, 0) is 11.8 Å². The molecule has 7 heteroatoms. The van der Waals surface area contributed by atoms with Crippen LogP contribution in [0.15, 0.2) is 59.1 Å². The Morgan fingerprint density at radius 2 is 1.84 bits per heavy atom. The standard InChI is InChI=1S/C25H25N5O2/c1-16-23(29(2)28-27-16)21-15-20-25(32-21)22-19(9-6-12-26-22)30(20)24(17-7-4-3-5-8-17)18-10-13-31-14-11-18/h3-9,12,15,18,24H,10-11,13-14H2,1-2H3. The Kier molecular flexibility index (Phi) is 4.57. The van der Waals surface area contributed by atoms with Crippen molar-refractivity contribution < 1.29 is 9.15 Å². The number of hydrogen-bond donors (Lipinski definition) is 0. The number of fused-ring (bicyclic) bond motifs is 3. The number of hydrogen-bond acceptors (Lipinski definition) is 5. The average Bonchev–Trinajstić information content (AvgIpc) is 3.48. The van der Waals surface area contributed by atoms with Gasteiger partial charge in [-0.25, -0.2) is 4.68 Å². The predicted octanol–water partition coefficient (Wildman–Crippen LogP) is 4.90. The van der Waals surface area contributed by atoms with E-state index in [0.717, 1.165) is 65.3 Å². The summed E-state index contributed by atoms with van der Waals surface area (Å²) in [5.74, 6) is 1.23. The SMILES string of the molecule is Cc1nnn(C)c1-c1cc2c(o1)c1ncccc1n2C(c1ccccc1)C1CCOCC1. The van der Waals surface area contributed by atoms with Gasteiger partial charge in [0.15, 0.2) is 11.3 Å². The van der Waals surface area contributed by atoms with Gasteiger partial charge in [-0.2, -0.15) is 0 Å². The maximum absolute atomic E-state index is 6.43. The van der Waals surface area contributed by atoms with Crippen LogP contribution in [0.1, 0.15) is 30.1 Å². The normalized spacial score (nSPS) is 16.2. The Bertz CT molecular complexity index is 1370. The molecule has 5 heterocycles. The van der Waals surface area contributed by atoms with E-state index >= 15 is 0 Å². The van der Waals surface area contributed by atoms with E-state index in [1.54, 1.807) is 4.68 Å². The second-order valence-corrected chi connectivity index (χ2v) is 8.52. The lowest BCUT2D eigenvalue weighted by atomic mass is 9.86. The first-order valence-electron chi connectivity index (χ1n) is 11.1. The van der Waals surface area contributed by atoms with Crippen LogP contribution in [0.25, 0.3) is 33.6 Å². The molecule has 0 bridgehead atoms. The maximum Gasteiger partial charge on any atom is 0.179 e. The highest BCUT2D eigenvalue weighted by atomic mass is 16.5. The van der Waals surface area contributed by atoms with Crippen LogP contribution < -0.4 is 0 Å². The molecule has 4 aromatic heterocycles. The van der Waals surface area contributed by atoms with E-state index in [4.69, 9.17) is 14.1 Å². The molecule has 7 nitrogen and oxygen atoms in total. The van der Waals surface area contributed by atoms with Crippen LogP contribution >= 0.6 is 0 Å². The quantitative estimate of drug-likeness (QED) is 0.408. The summed E-state index contributed by atoms with van der Waals surface area (Å²) in [7, 11) is 1.89. The topological polar surface area (TPSA) is 70.9 Å². The fourth-order valence-electron chi connectivity index (χ4n) is 5.15. The van der Waals surface area contributed by atoms with Crippen molar-refractivity contribution in [3.63, 3.8) is 0 Å². The first-order chi connectivity index (χ1) is 15.7. The van der Waals surface area contributed by atoms with Crippen molar-refractivity contribution in [1.82, 2.24) is 24.5 Å². The molecule has 1 aromatic carbocycles. The Hall–Kier alpha value is -3.45. The van der Waals surface area contributed by atoms with Gasteiger partial charge < -0.3 is 13.7 Å². The van der Waals surface area contributed by atoms with E-state index in [-0.39, 0.29) is 6.04 Å². The molecule has 0 spiro atoms. The Labute approximate surface area is 185 Å². The second-order valence-electron chi connectivity index (χ2n) is 8.52. The molecular formula is C25H25N5O2. The fourth-order valence-corrected chi connectivity index (χ4v) is 5.15. The zero-order valence-corrected chi connectivity index (χ0v) is 18.2. The summed E-state index contributed by atoms with van der Waals surface area (Å²) >= 11 is 0. The highest BCUT2D eigenvalue weighted by Crippen LogP contribution is 2.42. The molecule has 0 saturated carbocycles. The third kappa shape index (κ3) is 2.96. The molecule has 1 unspecified atom stereocenters. The summed E-state index contributed by atoms with van der Waals surface area (Å²) in [4.78, 5) is 4.71. The highest BCUT2D eigenvalue weighted by molar-refractivity contribution is 6.03. The molecule has 1 atom stereocenters. The van der Waals surface area contributed by atoms with Gasteiger partial charge in [-0.1, -0.05) is 35.5 Å². The summed E-state index contributed by atoms with van der Waals surface area (Å²) in [6, 6.07) is 17.2. The number of rotatable bonds is 4. The van der Waals surface area contributed by atoms with Gasteiger partial charge in [0, 0.05) is 32.5 Å². The summed E-state index contributed by atoms with van der Waals surface area (Å²) in [5.41, 5.74) is 6.86. The highest BCUT2D eigenvalue weighted by Gasteiger charge is 2.31. The zero-order chi connectivity index (χ0) is 21.7. The molecule has 1 fully saturated rings. The van der Waals surface area contributed by atoms with Crippen molar-refractivity contribution >= 4 is 22.1 Å². The summed E-state index contributed by atoms with van der Waals surface area (Å²) < 4.78 is 16.3. The predicted molar refractivity (Wildman–Crippen MR) is 122 cm³/mol. The smallest absolute Gasteiger partial charge is 0.179 e. The number of nitrogens with zero attached hydrogens (tertiary/aromatic N) is 5. The van der Waals surface area contributed by atoms with Gasteiger partial charge >= 0.3 is 0 Å². The third-order valence-corrected chi connectivity index (χ3v) is 6.59. The number of aromatic nitrogens is 5. The van der Waals surface area contributed by atoms with Crippen molar-refractivity contribution in [3.05, 3.63) is 66.0 Å². The number of pyridine rings is 1. The lowest BCUT2D eigenvalue weighted by molar-refractivity contribution is 0.0553. The Morgan fingerprint density at radius 3 is 2.59 bits per heavy atom. The van der Waals surface area contributed by atoms with Crippen LogP contribution in [0.5, 0.6) is 0 Å². The molecule has 0 amide bonds. The molecule has 1 aliphatic heterocycles. The lowest BCUT2D eigenvalue weighted by Crippen LogP contribution is -2.26. The van der Waals surface area contributed by atoms with E-state index in [0.29, 0.717) is 5.92 Å². The molecule has 0 radical (unpaired) electrons. The van der Waals surface area contributed by atoms with E-state index < -0.39 is 0 Å². The molecule has 1 saturated heterocycles. The van der Waals surface area contributed by atoms with Gasteiger partial charge in [-0.3, -0.25) is 4.98 Å². The number of ether oxygens (including phenoxy) is 1. The minimum atomic E-state index is 0.167. The van der Waals surface area contributed by atoms with E-state index in [1.807, 2.05) is 26.2 Å². The van der Waals surface area contributed by atoms with Gasteiger partial charge in [0.1, 0.15) is 11.2 Å². The van der Waals surface area contributed by atoms with Gasteiger partial charge in [0.25, 0.3) is 0 Å². The molecular weight excluding hydrogens is 402 g/mol. The monoisotopic (exact) mass is 427 g/mol. The molecule has 162 valence electrons. The van der Waals surface area contributed by atoms with Crippen LogP contribution in [-0.4, -0.2) is 37.8 Å². The van der Waals surface area contributed by atoms with E-state index in [1.165, 1.54) is 5.56 Å². The van der Waals surface area contributed by atoms with Crippen LogP contribution in [0, 0.1) is 12.8 Å². The van der Waals surface area contributed by atoms with Crippen molar-refractivity contribution in [2.24, 2.45) is 13.0 Å². The molecule has 0 aliphatic carbocycles. The van der Waals surface area contributed by atoms with Crippen LogP contribution in [0.4, 0.5) is 0 Å². The van der Waals surface area contributed by atoms with Gasteiger partial charge in [-0.15, -0.1) is 5.10 Å². The van der Waals surface area contributed by atoms with Gasteiger partial charge in [0.2, 0.25) is 0 Å². The van der Waals surface area contributed by atoms with E-state index in [2.05, 4.69) is 57.3 Å². The minimum Gasteiger partial charge on any atom is -0.450 e. The molecule has 32 heavy (non-hydrogen) atoms. The summed E-state index contributed by atoms with van der Waals surface area (Å²) in [6.45, 7) is 3.55. The number of furan rings is 1. The van der Waals surface area contributed by atoms with Crippen molar-refractivity contribution in [2.45, 2.75) is 25.8 Å². The average molecular weight is 428 g/mol. The Morgan fingerprint density at radius 1 is 1.03 bits per heavy atom. The summed E-state index contributed by atoms with van der Waals surface area (Å²) in [6.07, 6.45) is 3.88. The first kappa shape index (κ1) is 19.3. The molecule has 6 rings (SSSR count).